The van der Waals surface area contributed by atoms with Crippen LogP contribution in [0.15, 0.2) is 60.7 Å². The maximum atomic E-state index is 12.2. The largest absolute Gasteiger partial charge is 0.388 e. The second-order valence-electron chi connectivity index (χ2n) is 5.09. The van der Waals surface area contributed by atoms with Crippen molar-refractivity contribution in [2.24, 2.45) is 11.8 Å². The Morgan fingerprint density at radius 3 is 2.21 bits per heavy atom. The third-order valence-corrected chi connectivity index (χ3v) is 3.78. The van der Waals surface area contributed by atoms with Gasteiger partial charge in [-0.25, -0.2) is 0 Å². The molecule has 2 nitrogen and oxygen atoms in total. The highest BCUT2D eigenvalue weighted by atomic mass is 16.3. The van der Waals surface area contributed by atoms with E-state index >= 15 is 0 Å². The zero-order valence-electron chi connectivity index (χ0n) is 10.6. The summed E-state index contributed by atoms with van der Waals surface area (Å²) in [5.41, 5.74) is 1.64. The van der Waals surface area contributed by atoms with Gasteiger partial charge in [-0.1, -0.05) is 60.7 Å². The normalized spacial score (nSPS) is 22.8. The summed E-state index contributed by atoms with van der Waals surface area (Å²) in [5, 5.41) is 10.3. The molecule has 96 valence electrons. The number of carbonyl (C=O) groups is 1. The number of Topliss-reactive ketones (excluding diaryl/α,β-unsaturated/α-hetero) is 1. The molecule has 0 saturated heterocycles. The van der Waals surface area contributed by atoms with Gasteiger partial charge in [0.2, 0.25) is 0 Å². The van der Waals surface area contributed by atoms with Gasteiger partial charge < -0.3 is 5.11 Å². The number of carbonyl (C=O) groups excluding carboxylic acids is 1. The SMILES string of the molecule is O=C(c1ccccc1)[C@@H]1C[C@@H]1[C@H](O)c1ccccc1. The number of aliphatic hydroxyl groups excluding tert-OH is 1. The van der Waals surface area contributed by atoms with Crippen LogP contribution in [0.2, 0.25) is 0 Å². The molecule has 3 rings (SSSR count). The van der Waals surface area contributed by atoms with Crippen molar-refractivity contribution in [3.05, 3.63) is 71.8 Å². The second kappa shape index (κ2) is 4.98. The summed E-state index contributed by atoms with van der Waals surface area (Å²) in [4.78, 5) is 12.2. The third-order valence-electron chi connectivity index (χ3n) is 3.78. The molecule has 0 heterocycles. The zero-order chi connectivity index (χ0) is 13.2. The molecule has 19 heavy (non-hydrogen) atoms. The van der Waals surface area contributed by atoms with E-state index in [1.165, 1.54) is 0 Å². The maximum absolute atomic E-state index is 12.2. The Morgan fingerprint density at radius 1 is 1.00 bits per heavy atom. The van der Waals surface area contributed by atoms with Crippen molar-refractivity contribution in [2.75, 3.05) is 0 Å². The van der Waals surface area contributed by atoms with E-state index in [-0.39, 0.29) is 17.6 Å². The highest BCUT2D eigenvalue weighted by Crippen LogP contribution is 2.48. The lowest BCUT2D eigenvalue weighted by Crippen LogP contribution is -2.08. The van der Waals surface area contributed by atoms with E-state index in [0.29, 0.717) is 0 Å². The van der Waals surface area contributed by atoms with Gasteiger partial charge in [-0.2, -0.15) is 0 Å². The molecule has 1 aliphatic rings. The average molecular weight is 252 g/mol. The van der Waals surface area contributed by atoms with E-state index in [1.807, 2.05) is 60.7 Å². The number of benzene rings is 2. The Hall–Kier alpha value is -1.93. The summed E-state index contributed by atoms with van der Waals surface area (Å²) >= 11 is 0. The molecule has 0 radical (unpaired) electrons. The van der Waals surface area contributed by atoms with Gasteiger partial charge in [0.05, 0.1) is 6.10 Å². The van der Waals surface area contributed by atoms with Gasteiger partial charge in [0, 0.05) is 11.5 Å². The van der Waals surface area contributed by atoms with E-state index < -0.39 is 6.10 Å². The van der Waals surface area contributed by atoms with Crippen molar-refractivity contribution in [1.82, 2.24) is 0 Å². The standard InChI is InChI=1S/C17H16O2/c18-16(12-7-3-1-4-8-12)14-11-15(14)17(19)13-9-5-2-6-10-13/h1-10,14-16,18H,11H2/t14-,15+,16+/m0/s1. The quantitative estimate of drug-likeness (QED) is 0.848. The second-order valence-corrected chi connectivity index (χ2v) is 5.09. The Bertz CT molecular complexity index is 562. The molecule has 2 aromatic carbocycles. The molecule has 3 atom stereocenters. The molecule has 0 unspecified atom stereocenters. The van der Waals surface area contributed by atoms with Gasteiger partial charge in [-0.3, -0.25) is 4.79 Å². The smallest absolute Gasteiger partial charge is 0.166 e. The first-order valence-corrected chi connectivity index (χ1v) is 6.59. The van der Waals surface area contributed by atoms with Crippen LogP contribution in [0.25, 0.3) is 0 Å². The number of ketones is 1. The molecular formula is C17H16O2. The Kier molecular flexibility index (Phi) is 3.18. The van der Waals surface area contributed by atoms with Crippen LogP contribution in [0.1, 0.15) is 28.4 Å². The van der Waals surface area contributed by atoms with Gasteiger partial charge in [0.1, 0.15) is 0 Å². The van der Waals surface area contributed by atoms with Crippen molar-refractivity contribution in [2.45, 2.75) is 12.5 Å². The first kappa shape index (κ1) is 12.1. The molecule has 1 saturated carbocycles. The molecule has 2 aromatic rings. The summed E-state index contributed by atoms with van der Waals surface area (Å²) < 4.78 is 0. The van der Waals surface area contributed by atoms with Crippen LogP contribution in [0.3, 0.4) is 0 Å². The van der Waals surface area contributed by atoms with E-state index in [0.717, 1.165) is 17.5 Å². The summed E-state index contributed by atoms with van der Waals surface area (Å²) in [5.74, 6) is 0.188. The van der Waals surface area contributed by atoms with Crippen molar-refractivity contribution in [1.29, 1.82) is 0 Å². The highest BCUT2D eigenvalue weighted by Gasteiger charge is 2.47. The Labute approximate surface area is 112 Å². The van der Waals surface area contributed by atoms with E-state index in [1.54, 1.807) is 0 Å². The topological polar surface area (TPSA) is 37.3 Å². The number of rotatable bonds is 4. The minimum Gasteiger partial charge on any atom is -0.388 e. The van der Waals surface area contributed by atoms with Crippen LogP contribution in [0.4, 0.5) is 0 Å². The molecule has 2 heteroatoms. The molecule has 0 spiro atoms. The predicted octanol–water partition coefficient (Wildman–Crippen LogP) is 3.24. The van der Waals surface area contributed by atoms with E-state index in [9.17, 15) is 9.90 Å². The monoisotopic (exact) mass is 252 g/mol. The van der Waals surface area contributed by atoms with Gasteiger partial charge in [0.15, 0.2) is 5.78 Å². The van der Waals surface area contributed by atoms with Crippen molar-refractivity contribution in [3.63, 3.8) is 0 Å². The zero-order valence-corrected chi connectivity index (χ0v) is 10.6. The van der Waals surface area contributed by atoms with Crippen LogP contribution >= 0.6 is 0 Å². The molecule has 0 bridgehead atoms. The van der Waals surface area contributed by atoms with E-state index in [2.05, 4.69) is 0 Å². The number of hydrogen-bond donors (Lipinski definition) is 1. The summed E-state index contributed by atoms with van der Waals surface area (Å²) in [7, 11) is 0. The van der Waals surface area contributed by atoms with Crippen LogP contribution in [-0.4, -0.2) is 10.9 Å². The van der Waals surface area contributed by atoms with Crippen LogP contribution in [0.5, 0.6) is 0 Å². The first-order chi connectivity index (χ1) is 9.27. The van der Waals surface area contributed by atoms with Crippen LogP contribution in [0, 0.1) is 11.8 Å². The van der Waals surface area contributed by atoms with Crippen molar-refractivity contribution >= 4 is 5.78 Å². The lowest BCUT2D eigenvalue weighted by molar-refractivity contribution is 0.0922. The molecule has 0 aliphatic heterocycles. The van der Waals surface area contributed by atoms with Crippen LogP contribution < -0.4 is 0 Å². The Balaban J connectivity index is 1.70. The minimum atomic E-state index is -0.529. The fourth-order valence-electron chi connectivity index (χ4n) is 2.58. The maximum Gasteiger partial charge on any atom is 0.166 e. The summed E-state index contributed by atoms with van der Waals surface area (Å²) in [6.45, 7) is 0. The molecule has 0 aromatic heterocycles. The van der Waals surface area contributed by atoms with Gasteiger partial charge in [-0.15, -0.1) is 0 Å². The molecule has 0 amide bonds. The summed E-state index contributed by atoms with van der Waals surface area (Å²) in [6, 6.07) is 18.9. The fraction of sp³-hybridized carbons (Fsp3) is 0.235. The number of aliphatic hydroxyl groups is 1. The predicted molar refractivity (Wildman–Crippen MR) is 73.8 cm³/mol. The number of hydrogen-bond acceptors (Lipinski definition) is 2. The highest BCUT2D eigenvalue weighted by molar-refractivity contribution is 5.99. The van der Waals surface area contributed by atoms with Gasteiger partial charge in [-0.05, 0) is 17.9 Å². The summed E-state index contributed by atoms with van der Waals surface area (Å²) in [6.07, 6.45) is 0.253. The Morgan fingerprint density at radius 2 is 1.58 bits per heavy atom. The first-order valence-electron chi connectivity index (χ1n) is 6.59. The fourth-order valence-corrected chi connectivity index (χ4v) is 2.58. The molecule has 1 aliphatic carbocycles. The molecular weight excluding hydrogens is 236 g/mol. The lowest BCUT2D eigenvalue weighted by Gasteiger charge is -2.10. The lowest BCUT2D eigenvalue weighted by atomic mass is 10.0. The van der Waals surface area contributed by atoms with Crippen molar-refractivity contribution in [3.8, 4) is 0 Å². The molecule has 1 fully saturated rings. The average Bonchev–Trinajstić information content (AvgIpc) is 3.28. The van der Waals surface area contributed by atoms with Crippen molar-refractivity contribution < 1.29 is 9.90 Å². The minimum absolute atomic E-state index is 0.0300. The van der Waals surface area contributed by atoms with Gasteiger partial charge >= 0.3 is 0 Å². The van der Waals surface area contributed by atoms with E-state index in [4.69, 9.17) is 0 Å². The van der Waals surface area contributed by atoms with Gasteiger partial charge in [0.25, 0.3) is 0 Å². The molecule has 1 N–H and O–H groups in total. The third kappa shape index (κ3) is 2.45. The van der Waals surface area contributed by atoms with Crippen LogP contribution in [-0.2, 0) is 0 Å².